The Hall–Kier alpha value is -2.85. The summed E-state index contributed by atoms with van der Waals surface area (Å²) < 4.78 is 28.2. The molecule has 5 rings (SSSR count). The van der Waals surface area contributed by atoms with Crippen LogP contribution in [0.15, 0.2) is 64.3 Å². The van der Waals surface area contributed by atoms with Crippen LogP contribution in [0.2, 0.25) is 5.02 Å². The molecule has 8 nitrogen and oxygen atoms in total. The minimum atomic E-state index is -3.58. The third-order valence-corrected chi connectivity index (χ3v) is 7.96. The van der Waals surface area contributed by atoms with E-state index < -0.39 is 10.0 Å². The van der Waals surface area contributed by atoms with Crippen LogP contribution >= 0.6 is 11.6 Å². The zero-order chi connectivity index (χ0) is 23.7. The molecule has 0 spiro atoms. The summed E-state index contributed by atoms with van der Waals surface area (Å²) in [5, 5.41) is 2.32. The van der Waals surface area contributed by atoms with Gasteiger partial charge in [0.2, 0.25) is 10.0 Å². The number of piperazine rings is 1. The largest absolute Gasteiger partial charge is 0.367 e. The first-order valence-corrected chi connectivity index (χ1v) is 13.1. The monoisotopic (exact) mass is 499 g/mol. The van der Waals surface area contributed by atoms with Crippen molar-refractivity contribution in [3.05, 3.63) is 70.1 Å². The van der Waals surface area contributed by atoms with Crippen LogP contribution in [-0.2, 0) is 10.0 Å². The SMILES string of the molecule is O=c1[nH]c2cccc(N3CCN(CCCNS(=O)(=O)c4ccc5ccc(Cl)cc5c4)CC3)c2[nH]1. The maximum absolute atomic E-state index is 12.7. The van der Waals surface area contributed by atoms with Crippen molar-refractivity contribution in [3.8, 4) is 0 Å². The number of hydrogen-bond acceptors (Lipinski definition) is 5. The summed E-state index contributed by atoms with van der Waals surface area (Å²) in [5.74, 6) is 0. The molecule has 0 bridgehead atoms. The summed E-state index contributed by atoms with van der Waals surface area (Å²) in [4.78, 5) is 22.2. The number of aromatic nitrogens is 2. The molecule has 1 aromatic heterocycles. The molecule has 10 heteroatoms. The Morgan fingerprint density at radius 1 is 0.941 bits per heavy atom. The molecule has 3 N–H and O–H groups in total. The summed E-state index contributed by atoms with van der Waals surface area (Å²) in [7, 11) is -3.58. The van der Waals surface area contributed by atoms with E-state index in [1.54, 1.807) is 30.3 Å². The van der Waals surface area contributed by atoms with Gasteiger partial charge in [-0.3, -0.25) is 4.90 Å². The van der Waals surface area contributed by atoms with E-state index in [1.165, 1.54) is 0 Å². The molecule has 1 fully saturated rings. The van der Waals surface area contributed by atoms with E-state index in [4.69, 9.17) is 11.6 Å². The first kappa shape index (κ1) is 22.9. The van der Waals surface area contributed by atoms with Gasteiger partial charge in [-0.05, 0) is 60.1 Å². The Balaban J connectivity index is 1.12. The van der Waals surface area contributed by atoms with Crippen LogP contribution in [0.25, 0.3) is 21.8 Å². The predicted octanol–water partition coefficient (Wildman–Crippen LogP) is 3.15. The molecule has 0 amide bonds. The average molecular weight is 500 g/mol. The lowest BCUT2D eigenvalue weighted by Crippen LogP contribution is -2.47. The molecule has 0 saturated carbocycles. The third-order valence-electron chi connectivity index (χ3n) is 6.27. The van der Waals surface area contributed by atoms with E-state index in [9.17, 15) is 13.2 Å². The molecule has 178 valence electrons. The summed E-state index contributed by atoms with van der Waals surface area (Å²) in [5.41, 5.74) is 2.48. The smallest absolute Gasteiger partial charge is 0.323 e. The van der Waals surface area contributed by atoms with E-state index in [2.05, 4.69) is 24.5 Å². The molecular weight excluding hydrogens is 474 g/mol. The lowest BCUT2D eigenvalue weighted by Gasteiger charge is -2.36. The predicted molar refractivity (Wildman–Crippen MR) is 136 cm³/mol. The molecule has 2 heterocycles. The third kappa shape index (κ3) is 4.83. The van der Waals surface area contributed by atoms with Gasteiger partial charge >= 0.3 is 5.69 Å². The summed E-state index contributed by atoms with van der Waals surface area (Å²) in [6.07, 6.45) is 0.722. The number of hydrogen-bond donors (Lipinski definition) is 3. The maximum Gasteiger partial charge on any atom is 0.323 e. The lowest BCUT2D eigenvalue weighted by molar-refractivity contribution is 0.255. The standard InChI is InChI=1S/C24H26ClN5O3S/c25-19-7-5-17-6-8-20(16-18(17)15-19)34(32,33)26-9-2-10-29-11-13-30(14-12-29)22-4-1-3-21-23(22)28-24(31)27-21/h1,3-8,15-16,26H,2,9-14H2,(H2,27,28,31). The fourth-order valence-electron chi connectivity index (χ4n) is 4.47. The number of H-pyrrole nitrogens is 2. The zero-order valence-electron chi connectivity index (χ0n) is 18.6. The number of fused-ring (bicyclic) bond motifs is 2. The highest BCUT2D eigenvalue weighted by molar-refractivity contribution is 7.89. The van der Waals surface area contributed by atoms with Gasteiger partial charge in [0.05, 0.1) is 21.6 Å². The summed E-state index contributed by atoms with van der Waals surface area (Å²) >= 11 is 6.04. The van der Waals surface area contributed by atoms with E-state index in [-0.39, 0.29) is 10.6 Å². The van der Waals surface area contributed by atoms with Crippen LogP contribution in [0.4, 0.5) is 5.69 Å². The molecule has 0 radical (unpaired) electrons. The van der Waals surface area contributed by atoms with Gasteiger partial charge in [-0.2, -0.15) is 0 Å². The number of nitrogens with zero attached hydrogens (tertiary/aromatic N) is 2. The molecule has 3 aromatic carbocycles. The number of benzene rings is 3. The second kappa shape index (κ2) is 9.42. The number of rotatable bonds is 7. The van der Waals surface area contributed by atoms with E-state index in [0.29, 0.717) is 11.6 Å². The second-order valence-corrected chi connectivity index (χ2v) is 10.7. The highest BCUT2D eigenvalue weighted by Crippen LogP contribution is 2.25. The molecule has 0 aliphatic carbocycles. The lowest BCUT2D eigenvalue weighted by atomic mass is 10.1. The van der Waals surface area contributed by atoms with Crippen LogP contribution in [0.5, 0.6) is 0 Å². The van der Waals surface area contributed by atoms with Gasteiger partial charge in [-0.15, -0.1) is 0 Å². The molecule has 4 aromatic rings. The molecule has 34 heavy (non-hydrogen) atoms. The van der Waals surface area contributed by atoms with Crippen molar-refractivity contribution >= 4 is 49.1 Å². The second-order valence-electron chi connectivity index (χ2n) is 8.51. The Morgan fingerprint density at radius 3 is 2.56 bits per heavy atom. The topological polar surface area (TPSA) is 101 Å². The van der Waals surface area contributed by atoms with Crippen LogP contribution in [0, 0.1) is 0 Å². The van der Waals surface area contributed by atoms with Gasteiger partial charge in [0, 0.05) is 37.7 Å². The number of nitrogens with one attached hydrogen (secondary N) is 3. The zero-order valence-corrected chi connectivity index (χ0v) is 20.1. The van der Waals surface area contributed by atoms with Crippen LogP contribution in [0.1, 0.15) is 6.42 Å². The van der Waals surface area contributed by atoms with Crippen molar-refractivity contribution in [2.45, 2.75) is 11.3 Å². The van der Waals surface area contributed by atoms with E-state index >= 15 is 0 Å². The Labute approximate surface area is 202 Å². The van der Waals surface area contributed by atoms with Crippen molar-refractivity contribution in [2.24, 2.45) is 0 Å². The fraction of sp³-hybridized carbons (Fsp3) is 0.292. The van der Waals surface area contributed by atoms with Crippen LogP contribution in [0.3, 0.4) is 0 Å². The normalized spacial score (nSPS) is 15.4. The number of anilines is 1. The van der Waals surface area contributed by atoms with Crippen molar-refractivity contribution in [1.82, 2.24) is 19.6 Å². The number of halogens is 1. The Morgan fingerprint density at radius 2 is 1.74 bits per heavy atom. The van der Waals surface area contributed by atoms with Crippen molar-refractivity contribution in [1.29, 1.82) is 0 Å². The quantitative estimate of drug-likeness (QED) is 0.339. The molecule has 1 aliphatic heterocycles. The van der Waals surface area contributed by atoms with Gasteiger partial charge in [0.15, 0.2) is 0 Å². The first-order valence-electron chi connectivity index (χ1n) is 11.3. The summed E-state index contributed by atoms with van der Waals surface area (Å²) in [6.45, 7) is 4.64. The van der Waals surface area contributed by atoms with Gasteiger partial charge < -0.3 is 14.9 Å². The number of sulfonamides is 1. The average Bonchev–Trinajstić information content (AvgIpc) is 3.22. The molecular formula is C24H26ClN5O3S. The van der Waals surface area contributed by atoms with Crippen LogP contribution < -0.4 is 15.3 Å². The van der Waals surface area contributed by atoms with Gasteiger partial charge in [-0.25, -0.2) is 17.9 Å². The molecule has 1 saturated heterocycles. The Bertz CT molecular complexity index is 1490. The van der Waals surface area contributed by atoms with Gasteiger partial charge in [-0.1, -0.05) is 29.8 Å². The minimum Gasteiger partial charge on any atom is -0.367 e. The molecule has 0 atom stereocenters. The number of para-hydroxylation sites is 1. The summed E-state index contributed by atoms with van der Waals surface area (Å²) in [6, 6.07) is 16.4. The first-order chi connectivity index (χ1) is 16.4. The highest BCUT2D eigenvalue weighted by Gasteiger charge is 2.20. The van der Waals surface area contributed by atoms with Crippen molar-refractivity contribution in [2.75, 3.05) is 44.2 Å². The number of aromatic amines is 2. The Kier molecular flexibility index (Phi) is 6.35. The van der Waals surface area contributed by atoms with Gasteiger partial charge in [0.1, 0.15) is 0 Å². The van der Waals surface area contributed by atoms with E-state index in [0.717, 1.165) is 66.6 Å². The van der Waals surface area contributed by atoms with Crippen molar-refractivity contribution in [3.63, 3.8) is 0 Å². The molecule has 1 aliphatic rings. The van der Waals surface area contributed by atoms with E-state index in [1.807, 2.05) is 24.3 Å². The number of imidazole rings is 1. The molecule has 0 unspecified atom stereocenters. The maximum atomic E-state index is 12.7. The fourth-order valence-corrected chi connectivity index (χ4v) is 5.76. The van der Waals surface area contributed by atoms with Crippen LogP contribution in [-0.4, -0.2) is 62.6 Å². The van der Waals surface area contributed by atoms with Gasteiger partial charge in [0.25, 0.3) is 0 Å². The minimum absolute atomic E-state index is 0.198. The highest BCUT2D eigenvalue weighted by atomic mass is 35.5. The van der Waals surface area contributed by atoms with Crippen molar-refractivity contribution < 1.29 is 8.42 Å².